The standard InChI is InChI=1S/C11H14Br2N2O/c1-7(2)14-6-10(16)15-11-8(12)4-3-5-9(11)13/h3-5,7,14H,6H2,1-2H3,(H,15,16). The number of hydrogen-bond acceptors (Lipinski definition) is 2. The van der Waals surface area contributed by atoms with Crippen molar-refractivity contribution in [2.75, 3.05) is 11.9 Å². The van der Waals surface area contributed by atoms with Crippen molar-refractivity contribution in [3.63, 3.8) is 0 Å². The first-order chi connectivity index (χ1) is 7.50. The fraction of sp³-hybridized carbons (Fsp3) is 0.364. The predicted molar refractivity (Wildman–Crippen MR) is 73.6 cm³/mol. The van der Waals surface area contributed by atoms with Gasteiger partial charge in [-0.2, -0.15) is 0 Å². The molecule has 5 heteroatoms. The summed E-state index contributed by atoms with van der Waals surface area (Å²) in [7, 11) is 0. The number of carbonyl (C=O) groups excluding carboxylic acids is 1. The van der Waals surface area contributed by atoms with Crippen molar-refractivity contribution >= 4 is 43.5 Å². The average Bonchev–Trinajstić information content (AvgIpc) is 2.21. The third-order valence-corrected chi connectivity index (χ3v) is 3.22. The van der Waals surface area contributed by atoms with Gasteiger partial charge in [0.05, 0.1) is 12.2 Å². The largest absolute Gasteiger partial charge is 0.323 e. The van der Waals surface area contributed by atoms with E-state index < -0.39 is 0 Å². The maximum absolute atomic E-state index is 11.6. The van der Waals surface area contributed by atoms with Gasteiger partial charge in [-0.05, 0) is 44.0 Å². The highest BCUT2D eigenvalue weighted by Gasteiger charge is 2.08. The van der Waals surface area contributed by atoms with Gasteiger partial charge in [0.25, 0.3) is 0 Å². The van der Waals surface area contributed by atoms with Gasteiger partial charge in [0, 0.05) is 15.0 Å². The highest BCUT2D eigenvalue weighted by atomic mass is 79.9. The molecule has 1 aromatic carbocycles. The highest BCUT2D eigenvalue weighted by Crippen LogP contribution is 2.30. The van der Waals surface area contributed by atoms with Crippen molar-refractivity contribution in [1.82, 2.24) is 5.32 Å². The van der Waals surface area contributed by atoms with Crippen molar-refractivity contribution < 1.29 is 4.79 Å². The summed E-state index contributed by atoms with van der Waals surface area (Å²) in [5.41, 5.74) is 0.762. The molecule has 0 radical (unpaired) electrons. The summed E-state index contributed by atoms with van der Waals surface area (Å²) in [5.74, 6) is -0.0544. The fourth-order valence-corrected chi connectivity index (χ4v) is 2.29. The van der Waals surface area contributed by atoms with E-state index in [4.69, 9.17) is 0 Å². The summed E-state index contributed by atoms with van der Waals surface area (Å²) in [6.45, 7) is 4.31. The molecule has 88 valence electrons. The Bertz CT molecular complexity index is 360. The van der Waals surface area contributed by atoms with Crippen molar-refractivity contribution in [3.05, 3.63) is 27.1 Å². The van der Waals surface area contributed by atoms with Crippen LogP contribution in [-0.2, 0) is 4.79 Å². The molecule has 1 rings (SSSR count). The van der Waals surface area contributed by atoms with Gasteiger partial charge in [-0.25, -0.2) is 0 Å². The molecule has 0 spiro atoms. The Hall–Kier alpha value is -0.390. The maximum Gasteiger partial charge on any atom is 0.238 e. The molecule has 3 nitrogen and oxygen atoms in total. The van der Waals surface area contributed by atoms with Gasteiger partial charge in [-0.1, -0.05) is 19.9 Å². The summed E-state index contributed by atoms with van der Waals surface area (Å²) in [4.78, 5) is 11.6. The van der Waals surface area contributed by atoms with Crippen LogP contribution in [0.4, 0.5) is 5.69 Å². The molecule has 0 aromatic heterocycles. The lowest BCUT2D eigenvalue weighted by Crippen LogP contribution is -2.32. The summed E-state index contributed by atoms with van der Waals surface area (Å²) in [5, 5.41) is 5.90. The number of benzene rings is 1. The number of carbonyl (C=O) groups is 1. The smallest absolute Gasteiger partial charge is 0.238 e. The van der Waals surface area contributed by atoms with Crippen molar-refractivity contribution in [1.29, 1.82) is 0 Å². The molecule has 0 unspecified atom stereocenters. The lowest BCUT2D eigenvalue weighted by molar-refractivity contribution is -0.115. The number of anilines is 1. The van der Waals surface area contributed by atoms with E-state index in [1.54, 1.807) is 0 Å². The van der Waals surface area contributed by atoms with E-state index >= 15 is 0 Å². The van der Waals surface area contributed by atoms with Gasteiger partial charge >= 0.3 is 0 Å². The molecule has 0 bridgehead atoms. The number of halogens is 2. The first-order valence-electron chi connectivity index (χ1n) is 4.98. The van der Waals surface area contributed by atoms with Gasteiger partial charge in [0.15, 0.2) is 0 Å². The number of nitrogens with one attached hydrogen (secondary N) is 2. The molecular formula is C11H14Br2N2O. The van der Waals surface area contributed by atoms with Gasteiger partial charge < -0.3 is 10.6 Å². The Morgan fingerprint density at radius 3 is 2.38 bits per heavy atom. The van der Waals surface area contributed by atoms with E-state index in [1.807, 2.05) is 32.0 Å². The number of rotatable bonds is 4. The lowest BCUT2D eigenvalue weighted by Gasteiger charge is -2.11. The number of amides is 1. The van der Waals surface area contributed by atoms with Crippen LogP contribution in [0.25, 0.3) is 0 Å². The quantitative estimate of drug-likeness (QED) is 0.876. The third kappa shape index (κ3) is 4.23. The first kappa shape index (κ1) is 13.7. The van der Waals surface area contributed by atoms with Crippen LogP contribution in [0.3, 0.4) is 0 Å². The molecule has 0 atom stereocenters. The normalized spacial score (nSPS) is 10.6. The SMILES string of the molecule is CC(C)NCC(=O)Nc1c(Br)cccc1Br. The molecule has 0 saturated carbocycles. The Morgan fingerprint density at radius 1 is 1.31 bits per heavy atom. The Balaban J connectivity index is 2.63. The van der Waals surface area contributed by atoms with Crippen molar-refractivity contribution in [3.8, 4) is 0 Å². The Kier molecular flexibility index (Phi) is 5.44. The van der Waals surface area contributed by atoms with E-state index in [-0.39, 0.29) is 5.91 Å². The molecule has 0 heterocycles. The van der Waals surface area contributed by atoms with Crippen molar-refractivity contribution in [2.45, 2.75) is 19.9 Å². The molecule has 0 aliphatic heterocycles. The molecule has 0 aliphatic rings. The van der Waals surface area contributed by atoms with Crippen molar-refractivity contribution in [2.24, 2.45) is 0 Å². The zero-order valence-corrected chi connectivity index (χ0v) is 12.4. The molecule has 1 amide bonds. The van der Waals surface area contributed by atoms with E-state index in [9.17, 15) is 4.79 Å². The predicted octanol–water partition coefficient (Wildman–Crippen LogP) is 3.15. The van der Waals surface area contributed by atoms with E-state index in [0.29, 0.717) is 12.6 Å². The molecular weight excluding hydrogens is 336 g/mol. The number of hydrogen-bond donors (Lipinski definition) is 2. The summed E-state index contributed by atoms with van der Waals surface area (Å²) < 4.78 is 1.72. The van der Waals surface area contributed by atoms with Gasteiger partial charge in [-0.3, -0.25) is 4.79 Å². The first-order valence-corrected chi connectivity index (χ1v) is 6.56. The summed E-state index contributed by atoms with van der Waals surface area (Å²) in [6.07, 6.45) is 0. The van der Waals surface area contributed by atoms with E-state index in [1.165, 1.54) is 0 Å². The fourth-order valence-electron chi connectivity index (χ4n) is 1.10. The molecule has 1 aromatic rings. The second kappa shape index (κ2) is 6.37. The minimum Gasteiger partial charge on any atom is -0.323 e. The van der Waals surface area contributed by atoms with Gasteiger partial charge in [0.1, 0.15) is 0 Å². The van der Waals surface area contributed by atoms with Crippen LogP contribution in [0, 0.1) is 0 Å². The van der Waals surface area contributed by atoms with Crippen LogP contribution in [0.5, 0.6) is 0 Å². The lowest BCUT2D eigenvalue weighted by atomic mass is 10.3. The van der Waals surface area contributed by atoms with E-state index in [0.717, 1.165) is 14.6 Å². The summed E-state index contributed by atoms with van der Waals surface area (Å²) in [6, 6.07) is 5.97. The minimum atomic E-state index is -0.0544. The average molecular weight is 350 g/mol. The molecule has 0 saturated heterocycles. The van der Waals surface area contributed by atoms with Crippen LogP contribution >= 0.6 is 31.9 Å². The van der Waals surface area contributed by atoms with E-state index in [2.05, 4.69) is 42.5 Å². The monoisotopic (exact) mass is 348 g/mol. The van der Waals surface area contributed by atoms with Crippen LogP contribution in [0.15, 0.2) is 27.1 Å². The Morgan fingerprint density at radius 2 is 1.88 bits per heavy atom. The van der Waals surface area contributed by atoms with Crippen LogP contribution in [0.1, 0.15) is 13.8 Å². The van der Waals surface area contributed by atoms with Crippen LogP contribution in [-0.4, -0.2) is 18.5 Å². The number of para-hydroxylation sites is 1. The molecule has 0 fully saturated rings. The summed E-state index contributed by atoms with van der Waals surface area (Å²) >= 11 is 6.78. The highest BCUT2D eigenvalue weighted by molar-refractivity contribution is 9.11. The molecule has 2 N–H and O–H groups in total. The second-order valence-corrected chi connectivity index (χ2v) is 5.39. The third-order valence-electron chi connectivity index (χ3n) is 1.90. The van der Waals surface area contributed by atoms with Crippen LogP contribution in [0.2, 0.25) is 0 Å². The minimum absolute atomic E-state index is 0.0544. The molecule has 0 aliphatic carbocycles. The topological polar surface area (TPSA) is 41.1 Å². The van der Waals surface area contributed by atoms with Gasteiger partial charge in [0.2, 0.25) is 5.91 Å². The zero-order chi connectivity index (χ0) is 12.1. The maximum atomic E-state index is 11.6. The Labute approximate surface area is 112 Å². The van der Waals surface area contributed by atoms with Crippen LogP contribution < -0.4 is 10.6 Å². The zero-order valence-electron chi connectivity index (χ0n) is 9.18. The second-order valence-electron chi connectivity index (χ2n) is 3.68. The van der Waals surface area contributed by atoms with Gasteiger partial charge in [-0.15, -0.1) is 0 Å². The molecule has 16 heavy (non-hydrogen) atoms.